The summed E-state index contributed by atoms with van der Waals surface area (Å²) in [6.07, 6.45) is 5.13. The SMILES string of the molecule is C#CCN1CC(=O)N(c2cc(Cl)ccc2Cl)C1=O. The molecular formula is C12H8Cl2N2O2. The van der Waals surface area contributed by atoms with E-state index in [2.05, 4.69) is 5.92 Å². The molecule has 0 unspecified atom stereocenters. The van der Waals surface area contributed by atoms with E-state index in [4.69, 9.17) is 29.6 Å². The van der Waals surface area contributed by atoms with Crippen LogP contribution in [-0.4, -0.2) is 29.9 Å². The minimum absolute atomic E-state index is 0.0497. The fourth-order valence-corrected chi connectivity index (χ4v) is 2.05. The molecule has 6 heteroatoms. The molecule has 92 valence electrons. The summed E-state index contributed by atoms with van der Waals surface area (Å²) in [7, 11) is 0. The highest BCUT2D eigenvalue weighted by molar-refractivity contribution is 6.37. The summed E-state index contributed by atoms with van der Waals surface area (Å²) in [5, 5.41) is 0.675. The molecule has 1 aliphatic rings. The van der Waals surface area contributed by atoms with Crippen molar-refractivity contribution in [3.8, 4) is 12.3 Å². The van der Waals surface area contributed by atoms with E-state index in [1.807, 2.05) is 0 Å². The summed E-state index contributed by atoms with van der Waals surface area (Å²) < 4.78 is 0. The van der Waals surface area contributed by atoms with Crippen molar-refractivity contribution in [3.63, 3.8) is 0 Å². The quantitative estimate of drug-likeness (QED) is 0.617. The van der Waals surface area contributed by atoms with Gasteiger partial charge in [0.1, 0.15) is 6.54 Å². The van der Waals surface area contributed by atoms with Crippen molar-refractivity contribution < 1.29 is 9.59 Å². The third kappa shape index (κ3) is 2.15. The number of anilines is 1. The van der Waals surface area contributed by atoms with Gasteiger partial charge in [-0.25, -0.2) is 9.69 Å². The van der Waals surface area contributed by atoms with Crippen LogP contribution in [0.15, 0.2) is 18.2 Å². The monoisotopic (exact) mass is 282 g/mol. The predicted octanol–water partition coefficient (Wildman–Crippen LogP) is 2.40. The van der Waals surface area contributed by atoms with Crippen molar-refractivity contribution in [3.05, 3.63) is 28.2 Å². The smallest absolute Gasteiger partial charge is 0.303 e. The lowest BCUT2D eigenvalue weighted by molar-refractivity contribution is -0.116. The van der Waals surface area contributed by atoms with E-state index in [1.54, 1.807) is 6.07 Å². The number of rotatable bonds is 2. The summed E-state index contributed by atoms with van der Waals surface area (Å²) >= 11 is 11.8. The lowest BCUT2D eigenvalue weighted by Crippen LogP contribution is -2.33. The summed E-state index contributed by atoms with van der Waals surface area (Å²) in [5.74, 6) is 1.95. The highest BCUT2D eigenvalue weighted by Gasteiger charge is 2.37. The number of benzene rings is 1. The van der Waals surface area contributed by atoms with E-state index in [-0.39, 0.29) is 29.7 Å². The van der Waals surface area contributed by atoms with Gasteiger partial charge in [0.2, 0.25) is 0 Å². The van der Waals surface area contributed by atoms with Gasteiger partial charge >= 0.3 is 6.03 Å². The molecule has 1 aliphatic heterocycles. The lowest BCUT2D eigenvalue weighted by atomic mass is 10.3. The van der Waals surface area contributed by atoms with E-state index in [0.29, 0.717) is 5.02 Å². The summed E-state index contributed by atoms with van der Waals surface area (Å²) in [6.45, 7) is 0.0329. The van der Waals surface area contributed by atoms with Crippen LogP contribution in [0.3, 0.4) is 0 Å². The van der Waals surface area contributed by atoms with Crippen LogP contribution >= 0.6 is 23.2 Å². The zero-order chi connectivity index (χ0) is 13.3. The van der Waals surface area contributed by atoms with Gasteiger partial charge in [-0.3, -0.25) is 4.79 Å². The number of halogens is 2. The van der Waals surface area contributed by atoms with E-state index in [1.165, 1.54) is 17.0 Å². The normalized spacial score (nSPS) is 15.2. The standard InChI is InChI=1S/C12H8Cl2N2O2/c1-2-5-15-7-11(17)16(12(15)18)10-6-8(13)3-4-9(10)14/h1,3-4,6H,5,7H2. The Labute approximate surface area is 114 Å². The number of terminal acetylenes is 1. The average molecular weight is 283 g/mol. The number of urea groups is 1. The molecule has 0 aliphatic carbocycles. The van der Waals surface area contributed by atoms with E-state index in [9.17, 15) is 9.59 Å². The highest BCUT2D eigenvalue weighted by Crippen LogP contribution is 2.31. The van der Waals surface area contributed by atoms with Gasteiger partial charge in [0.15, 0.2) is 0 Å². The van der Waals surface area contributed by atoms with Crippen LogP contribution in [0.2, 0.25) is 10.0 Å². The van der Waals surface area contributed by atoms with Gasteiger partial charge in [-0.15, -0.1) is 6.42 Å². The van der Waals surface area contributed by atoms with Crippen LogP contribution in [0.1, 0.15) is 0 Å². The van der Waals surface area contributed by atoms with Gasteiger partial charge in [-0.2, -0.15) is 0 Å². The van der Waals surface area contributed by atoms with Gasteiger partial charge in [-0.05, 0) is 18.2 Å². The number of hydrogen-bond donors (Lipinski definition) is 0. The first-order valence-corrected chi connectivity index (χ1v) is 5.80. The highest BCUT2D eigenvalue weighted by atomic mass is 35.5. The summed E-state index contributed by atoms with van der Waals surface area (Å²) in [4.78, 5) is 26.1. The molecule has 1 saturated heterocycles. The number of imide groups is 1. The first kappa shape index (κ1) is 12.7. The second kappa shape index (κ2) is 4.89. The third-order valence-corrected chi connectivity index (χ3v) is 3.02. The van der Waals surface area contributed by atoms with E-state index < -0.39 is 6.03 Å². The fraction of sp³-hybridized carbons (Fsp3) is 0.167. The second-order valence-corrected chi connectivity index (χ2v) is 4.51. The van der Waals surface area contributed by atoms with Crippen molar-refractivity contribution in [2.45, 2.75) is 0 Å². The molecule has 0 radical (unpaired) electrons. The maximum atomic E-state index is 12.0. The Morgan fingerprint density at radius 3 is 2.72 bits per heavy atom. The minimum Gasteiger partial charge on any atom is -0.303 e. The molecule has 0 N–H and O–H groups in total. The zero-order valence-electron chi connectivity index (χ0n) is 9.19. The number of carbonyl (C=O) groups excluding carboxylic acids is 2. The molecule has 0 saturated carbocycles. The third-order valence-electron chi connectivity index (χ3n) is 2.47. The fourth-order valence-electron chi connectivity index (χ4n) is 1.68. The van der Waals surface area contributed by atoms with Crippen LogP contribution in [0.25, 0.3) is 0 Å². The average Bonchev–Trinajstić information content (AvgIpc) is 2.59. The number of nitrogens with zero attached hydrogens (tertiary/aromatic N) is 2. The van der Waals surface area contributed by atoms with Crippen molar-refractivity contribution in [2.75, 3.05) is 18.0 Å². The summed E-state index contributed by atoms with van der Waals surface area (Å²) in [5.41, 5.74) is 0.277. The van der Waals surface area contributed by atoms with Crippen molar-refractivity contribution >= 4 is 40.8 Å². The number of hydrogen-bond acceptors (Lipinski definition) is 2. The van der Waals surface area contributed by atoms with Gasteiger partial charge in [0.05, 0.1) is 17.3 Å². The number of amides is 3. The second-order valence-electron chi connectivity index (χ2n) is 3.67. The molecule has 18 heavy (non-hydrogen) atoms. The van der Waals surface area contributed by atoms with Gasteiger partial charge < -0.3 is 4.90 Å². The Kier molecular flexibility index (Phi) is 3.46. The van der Waals surface area contributed by atoms with Crippen LogP contribution in [-0.2, 0) is 4.79 Å². The Hall–Kier alpha value is -1.70. The first-order valence-electron chi connectivity index (χ1n) is 5.05. The minimum atomic E-state index is -0.484. The van der Waals surface area contributed by atoms with Gasteiger partial charge in [0.25, 0.3) is 5.91 Å². The Bertz CT molecular complexity index is 566. The molecule has 1 aromatic rings. The Morgan fingerprint density at radius 2 is 2.06 bits per heavy atom. The van der Waals surface area contributed by atoms with Gasteiger partial charge in [0, 0.05) is 5.02 Å². The zero-order valence-corrected chi connectivity index (χ0v) is 10.7. The largest absolute Gasteiger partial charge is 0.332 e. The van der Waals surface area contributed by atoms with Crippen LogP contribution in [0.4, 0.5) is 10.5 Å². The van der Waals surface area contributed by atoms with Crippen molar-refractivity contribution in [1.29, 1.82) is 0 Å². The molecule has 1 heterocycles. The first-order chi connectivity index (χ1) is 8.54. The maximum Gasteiger partial charge on any atom is 0.332 e. The molecule has 4 nitrogen and oxygen atoms in total. The molecule has 1 fully saturated rings. The van der Waals surface area contributed by atoms with Crippen molar-refractivity contribution in [1.82, 2.24) is 4.90 Å². The molecule has 3 amide bonds. The predicted molar refractivity (Wildman–Crippen MR) is 69.8 cm³/mol. The summed E-state index contributed by atoms with van der Waals surface area (Å²) in [6, 6.07) is 4.10. The van der Waals surface area contributed by atoms with Gasteiger partial charge in [-0.1, -0.05) is 29.1 Å². The van der Waals surface area contributed by atoms with Crippen LogP contribution in [0.5, 0.6) is 0 Å². The Morgan fingerprint density at radius 1 is 1.33 bits per heavy atom. The van der Waals surface area contributed by atoms with Crippen LogP contribution in [0, 0.1) is 12.3 Å². The molecule has 1 aromatic carbocycles. The maximum absolute atomic E-state index is 12.0. The molecule has 2 rings (SSSR count). The van der Waals surface area contributed by atoms with Crippen LogP contribution < -0.4 is 4.90 Å². The molecular weight excluding hydrogens is 275 g/mol. The van der Waals surface area contributed by atoms with E-state index in [0.717, 1.165) is 4.90 Å². The van der Waals surface area contributed by atoms with Crippen molar-refractivity contribution in [2.24, 2.45) is 0 Å². The molecule has 0 atom stereocenters. The van der Waals surface area contributed by atoms with E-state index >= 15 is 0 Å². The molecule has 0 spiro atoms. The molecule has 0 bridgehead atoms. The Balaban J connectivity index is 2.39. The molecule has 0 aromatic heterocycles. The topological polar surface area (TPSA) is 40.6 Å². The number of carbonyl (C=O) groups is 2. The lowest BCUT2D eigenvalue weighted by Gasteiger charge is -2.16.